The first-order valence-corrected chi connectivity index (χ1v) is 6.52. The lowest BCUT2D eigenvalue weighted by Gasteiger charge is -2.32. The largest absolute Gasteiger partial charge is 0.490 e. The Labute approximate surface area is 108 Å². The van der Waals surface area contributed by atoms with E-state index in [0.717, 1.165) is 18.6 Å². The van der Waals surface area contributed by atoms with Crippen LogP contribution in [-0.4, -0.2) is 17.2 Å². The van der Waals surface area contributed by atoms with Crippen molar-refractivity contribution in [3.05, 3.63) is 29.8 Å². The van der Waals surface area contributed by atoms with Crippen molar-refractivity contribution >= 4 is 5.97 Å². The molecule has 1 saturated carbocycles. The van der Waals surface area contributed by atoms with Crippen LogP contribution in [0.5, 0.6) is 5.75 Å². The SMILES string of the molecule is Cc1ccc(OC2CC(C)CCC2C(=O)O)cc1. The van der Waals surface area contributed by atoms with Crippen molar-refractivity contribution in [1.29, 1.82) is 0 Å². The first-order chi connectivity index (χ1) is 8.56. The van der Waals surface area contributed by atoms with Gasteiger partial charge in [-0.2, -0.15) is 0 Å². The molecule has 18 heavy (non-hydrogen) atoms. The molecule has 1 aromatic carbocycles. The van der Waals surface area contributed by atoms with E-state index in [1.54, 1.807) is 0 Å². The zero-order valence-corrected chi connectivity index (χ0v) is 10.9. The van der Waals surface area contributed by atoms with E-state index < -0.39 is 5.97 Å². The molecule has 0 heterocycles. The number of aryl methyl sites for hydroxylation is 1. The molecule has 0 saturated heterocycles. The second kappa shape index (κ2) is 5.42. The molecule has 1 aliphatic rings. The molecule has 3 heteroatoms. The molecule has 0 amide bonds. The molecular weight excluding hydrogens is 228 g/mol. The van der Waals surface area contributed by atoms with Crippen molar-refractivity contribution in [2.75, 3.05) is 0 Å². The van der Waals surface area contributed by atoms with Gasteiger partial charge in [-0.3, -0.25) is 4.79 Å². The Morgan fingerprint density at radius 2 is 1.94 bits per heavy atom. The van der Waals surface area contributed by atoms with E-state index in [1.165, 1.54) is 5.56 Å². The van der Waals surface area contributed by atoms with E-state index in [4.69, 9.17) is 4.74 Å². The van der Waals surface area contributed by atoms with Gasteiger partial charge in [-0.15, -0.1) is 0 Å². The fourth-order valence-corrected chi connectivity index (χ4v) is 2.53. The highest BCUT2D eigenvalue weighted by Gasteiger charge is 2.35. The molecule has 1 aliphatic carbocycles. The van der Waals surface area contributed by atoms with Gasteiger partial charge in [0.25, 0.3) is 0 Å². The number of aliphatic carboxylic acids is 1. The summed E-state index contributed by atoms with van der Waals surface area (Å²) in [5.41, 5.74) is 1.18. The van der Waals surface area contributed by atoms with Gasteiger partial charge in [-0.25, -0.2) is 0 Å². The van der Waals surface area contributed by atoms with E-state index in [0.29, 0.717) is 12.3 Å². The van der Waals surface area contributed by atoms with Crippen molar-refractivity contribution < 1.29 is 14.6 Å². The summed E-state index contributed by atoms with van der Waals surface area (Å²) in [7, 11) is 0. The number of hydrogen-bond acceptors (Lipinski definition) is 2. The topological polar surface area (TPSA) is 46.5 Å². The molecule has 1 fully saturated rings. The average Bonchev–Trinajstić information content (AvgIpc) is 2.32. The van der Waals surface area contributed by atoms with Crippen LogP contribution >= 0.6 is 0 Å². The summed E-state index contributed by atoms with van der Waals surface area (Å²) >= 11 is 0. The second-order valence-electron chi connectivity index (χ2n) is 5.33. The lowest BCUT2D eigenvalue weighted by molar-refractivity contribution is -0.147. The molecule has 98 valence electrons. The van der Waals surface area contributed by atoms with E-state index in [2.05, 4.69) is 6.92 Å². The smallest absolute Gasteiger partial charge is 0.310 e. The molecule has 3 nitrogen and oxygen atoms in total. The summed E-state index contributed by atoms with van der Waals surface area (Å²) in [6.45, 7) is 4.18. The summed E-state index contributed by atoms with van der Waals surface area (Å²) in [5, 5.41) is 9.24. The maximum absolute atomic E-state index is 11.2. The summed E-state index contributed by atoms with van der Waals surface area (Å²) in [4.78, 5) is 11.2. The normalized spacial score (nSPS) is 27.8. The van der Waals surface area contributed by atoms with Gasteiger partial charge in [0.1, 0.15) is 11.9 Å². The Morgan fingerprint density at radius 1 is 1.28 bits per heavy atom. The van der Waals surface area contributed by atoms with Crippen molar-refractivity contribution in [3.8, 4) is 5.75 Å². The molecule has 0 bridgehead atoms. The Hall–Kier alpha value is -1.51. The van der Waals surface area contributed by atoms with Crippen LogP contribution in [0.15, 0.2) is 24.3 Å². The Bertz CT molecular complexity index is 410. The van der Waals surface area contributed by atoms with Crippen LogP contribution in [0.3, 0.4) is 0 Å². The zero-order chi connectivity index (χ0) is 13.1. The molecule has 0 radical (unpaired) electrons. The van der Waals surface area contributed by atoms with E-state index in [1.807, 2.05) is 31.2 Å². The summed E-state index contributed by atoms with van der Waals surface area (Å²) in [6, 6.07) is 7.79. The van der Waals surface area contributed by atoms with Crippen LogP contribution in [0.1, 0.15) is 31.7 Å². The summed E-state index contributed by atoms with van der Waals surface area (Å²) in [5.74, 6) is 0.198. The monoisotopic (exact) mass is 248 g/mol. The molecular formula is C15H20O3. The maximum Gasteiger partial charge on any atom is 0.310 e. The minimum absolute atomic E-state index is 0.200. The third-order valence-electron chi connectivity index (χ3n) is 3.68. The summed E-state index contributed by atoms with van der Waals surface area (Å²) in [6.07, 6.45) is 2.32. The van der Waals surface area contributed by atoms with Gasteiger partial charge in [0.15, 0.2) is 0 Å². The first kappa shape index (κ1) is 12.9. The van der Waals surface area contributed by atoms with E-state index in [-0.39, 0.29) is 12.0 Å². The zero-order valence-electron chi connectivity index (χ0n) is 10.9. The number of ether oxygens (including phenoxy) is 1. The molecule has 1 N–H and O–H groups in total. The highest BCUT2D eigenvalue weighted by Crippen LogP contribution is 2.32. The number of carbonyl (C=O) groups is 1. The Balaban J connectivity index is 2.08. The third kappa shape index (κ3) is 3.03. The van der Waals surface area contributed by atoms with Crippen molar-refractivity contribution in [2.24, 2.45) is 11.8 Å². The van der Waals surface area contributed by atoms with Crippen LogP contribution in [0, 0.1) is 18.8 Å². The summed E-state index contributed by atoms with van der Waals surface area (Å²) < 4.78 is 5.87. The number of hydrogen-bond donors (Lipinski definition) is 1. The highest BCUT2D eigenvalue weighted by molar-refractivity contribution is 5.71. The standard InChI is InChI=1S/C15H20O3/c1-10-3-6-12(7-4-10)18-14-9-11(2)5-8-13(14)15(16)17/h3-4,6-7,11,13-14H,5,8-9H2,1-2H3,(H,16,17). The highest BCUT2D eigenvalue weighted by atomic mass is 16.5. The first-order valence-electron chi connectivity index (χ1n) is 6.52. The van der Waals surface area contributed by atoms with Crippen LogP contribution in [0.2, 0.25) is 0 Å². The van der Waals surface area contributed by atoms with Crippen LogP contribution in [0.4, 0.5) is 0 Å². The lowest BCUT2D eigenvalue weighted by atomic mass is 9.80. The quantitative estimate of drug-likeness (QED) is 0.893. The Morgan fingerprint density at radius 3 is 2.56 bits per heavy atom. The molecule has 0 spiro atoms. The minimum Gasteiger partial charge on any atom is -0.490 e. The minimum atomic E-state index is -0.737. The molecule has 3 unspecified atom stereocenters. The predicted octanol–water partition coefficient (Wildman–Crippen LogP) is 3.26. The fourth-order valence-electron chi connectivity index (χ4n) is 2.53. The maximum atomic E-state index is 11.2. The van der Waals surface area contributed by atoms with Crippen molar-refractivity contribution in [3.63, 3.8) is 0 Å². The van der Waals surface area contributed by atoms with Gasteiger partial charge in [-0.1, -0.05) is 24.6 Å². The number of rotatable bonds is 3. The second-order valence-corrected chi connectivity index (χ2v) is 5.33. The van der Waals surface area contributed by atoms with Crippen molar-refractivity contribution in [2.45, 2.75) is 39.2 Å². The van der Waals surface area contributed by atoms with Crippen molar-refractivity contribution in [1.82, 2.24) is 0 Å². The predicted molar refractivity (Wildman–Crippen MR) is 69.7 cm³/mol. The van der Waals surface area contributed by atoms with E-state index in [9.17, 15) is 9.90 Å². The average molecular weight is 248 g/mol. The van der Waals surface area contributed by atoms with Gasteiger partial charge < -0.3 is 9.84 Å². The Kier molecular flexibility index (Phi) is 3.90. The van der Waals surface area contributed by atoms with Crippen LogP contribution < -0.4 is 4.74 Å². The van der Waals surface area contributed by atoms with Crippen LogP contribution in [-0.2, 0) is 4.79 Å². The number of carboxylic acids is 1. The van der Waals surface area contributed by atoms with Gasteiger partial charge in [0.05, 0.1) is 5.92 Å². The molecule has 3 atom stereocenters. The van der Waals surface area contributed by atoms with Gasteiger partial charge in [0, 0.05) is 0 Å². The molecule has 0 aromatic heterocycles. The number of carboxylic acid groups (broad SMARTS) is 1. The molecule has 0 aliphatic heterocycles. The molecule has 1 aromatic rings. The van der Waals surface area contributed by atoms with E-state index >= 15 is 0 Å². The van der Waals surface area contributed by atoms with Gasteiger partial charge in [-0.05, 0) is 44.2 Å². The van der Waals surface area contributed by atoms with Crippen LogP contribution in [0.25, 0.3) is 0 Å². The third-order valence-corrected chi connectivity index (χ3v) is 3.68. The number of benzene rings is 1. The fraction of sp³-hybridized carbons (Fsp3) is 0.533. The molecule has 2 rings (SSSR count). The van der Waals surface area contributed by atoms with Gasteiger partial charge >= 0.3 is 5.97 Å². The lowest BCUT2D eigenvalue weighted by Crippen LogP contribution is -2.38. The van der Waals surface area contributed by atoms with Gasteiger partial charge in [0.2, 0.25) is 0 Å².